The summed E-state index contributed by atoms with van der Waals surface area (Å²) >= 11 is 0. The molecule has 1 aliphatic rings. The lowest BCUT2D eigenvalue weighted by molar-refractivity contribution is 1.34. The molecule has 0 unspecified atom stereocenters. The van der Waals surface area contributed by atoms with E-state index in [2.05, 4.69) is 118 Å². The molecule has 30 heavy (non-hydrogen) atoms. The highest BCUT2D eigenvalue weighted by molar-refractivity contribution is 7.78. The molecular weight excluding hydrogens is 379 g/mol. The van der Waals surface area contributed by atoms with E-state index in [1.54, 1.807) is 5.29 Å². The first-order chi connectivity index (χ1) is 14.7. The van der Waals surface area contributed by atoms with Gasteiger partial charge in [-0.15, -0.1) is 0 Å². The van der Waals surface area contributed by atoms with Gasteiger partial charge >= 0.3 is 0 Å². The van der Waals surface area contributed by atoms with E-state index in [0.717, 1.165) is 0 Å². The van der Waals surface area contributed by atoms with Gasteiger partial charge in [-0.3, -0.25) is 0 Å². The number of benzene rings is 3. The number of allylic oxidation sites excluding steroid dienone is 4. The molecule has 0 fully saturated rings. The molecule has 0 bridgehead atoms. The Balaban J connectivity index is 2.12. The minimum Gasteiger partial charge on any atom is -0.0968 e. The van der Waals surface area contributed by atoms with Crippen molar-refractivity contribution in [3.05, 3.63) is 114 Å². The van der Waals surface area contributed by atoms with Gasteiger partial charge in [0.25, 0.3) is 0 Å². The minimum atomic E-state index is -1.30. The largest absolute Gasteiger partial charge is 0.0968 e. The van der Waals surface area contributed by atoms with Crippen LogP contribution in [-0.4, -0.2) is 23.8 Å². The van der Waals surface area contributed by atoms with Gasteiger partial charge in [-0.05, 0) is 63.3 Å². The molecule has 0 spiro atoms. The summed E-state index contributed by atoms with van der Waals surface area (Å²) in [6.07, 6.45) is 6.21. The Morgan fingerprint density at radius 1 is 0.533 bits per heavy atom. The van der Waals surface area contributed by atoms with Crippen molar-refractivity contribution < 1.29 is 0 Å². The van der Waals surface area contributed by atoms with E-state index in [4.69, 9.17) is 0 Å². The number of hydrogen-bond acceptors (Lipinski definition) is 0. The van der Waals surface area contributed by atoms with Gasteiger partial charge in [-0.25, -0.2) is 0 Å². The number of rotatable bonds is 6. The Kier molecular flexibility index (Phi) is 6.26. The molecule has 0 atom stereocenters. The Hall–Kier alpha value is -2.56. The van der Waals surface area contributed by atoms with Gasteiger partial charge in [-0.2, -0.15) is 0 Å². The minimum absolute atomic E-state index is 1.25. The van der Waals surface area contributed by atoms with Crippen LogP contribution in [0.1, 0.15) is 37.5 Å². The molecule has 0 nitrogen and oxygen atoms in total. The first-order valence-corrected chi connectivity index (χ1v) is 13.4. The average molecular weight is 411 g/mol. The third-order valence-electron chi connectivity index (χ3n) is 6.57. The summed E-state index contributed by atoms with van der Waals surface area (Å²) in [6.45, 7) is 5.91. The monoisotopic (exact) mass is 410 g/mol. The fraction of sp³-hybridized carbons (Fsp3) is 0.207. The zero-order valence-electron chi connectivity index (χ0n) is 18.3. The first kappa shape index (κ1) is 20.7. The van der Waals surface area contributed by atoms with Crippen LogP contribution in [0.2, 0.25) is 0 Å². The zero-order chi connectivity index (χ0) is 21.0. The van der Waals surface area contributed by atoms with Gasteiger partial charge in [0.1, 0.15) is 0 Å². The summed E-state index contributed by atoms with van der Waals surface area (Å²) in [7, 11) is 0. The van der Waals surface area contributed by atoms with Gasteiger partial charge in [0, 0.05) is 0 Å². The lowest BCUT2D eigenvalue weighted by Crippen LogP contribution is -2.11. The highest BCUT2D eigenvalue weighted by Gasteiger charge is 2.31. The van der Waals surface area contributed by atoms with Crippen LogP contribution >= 0.6 is 6.89 Å². The predicted molar refractivity (Wildman–Crippen MR) is 138 cm³/mol. The molecular formula is C29H31P. The molecule has 152 valence electrons. The molecule has 0 radical (unpaired) electrons. The van der Waals surface area contributed by atoms with Crippen LogP contribution in [0.25, 0.3) is 16.7 Å². The molecule has 1 aliphatic carbocycles. The molecule has 0 aliphatic heterocycles. The summed E-state index contributed by atoms with van der Waals surface area (Å²) in [5.41, 5.74) is 8.25. The summed E-state index contributed by atoms with van der Waals surface area (Å²) in [5, 5.41) is 1.63. The summed E-state index contributed by atoms with van der Waals surface area (Å²) in [5.74, 6) is 0. The molecule has 0 amide bonds. The molecule has 0 saturated heterocycles. The van der Waals surface area contributed by atoms with E-state index in [-0.39, 0.29) is 0 Å². The fourth-order valence-electron chi connectivity index (χ4n) is 4.77. The van der Waals surface area contributed by atoms with Crippen LogP contribution in [-0.2, 0) is 0 Å². The van der Waals surface area contributed by atoms with Crippen LogP contribution in [0.3, 0.4) is 0 Å². The highest BCUT2D eigenvalue weighted by atomic mass is 31.2. The Morgan fingerprint density at radius 3 is 1.43 bits per heavy atom. The third-order valence-corrected chi connectivity index (χ3v) is 11.6. The maximum Gasteiger partial charge on any atom is -0.00253 e. The maximum absolute atomic E-state index is 2.47. The van der Waals surface area contributed by atoms with Crippen molar-refractivity contribution in [1.29, 1.82) is 0 Å². The van der Waals surface area contributed by atoms with Crippen molar-refractivity contribution in [2.75, 3.05) is 18.5 Å². The summed E-state index contributed by atoms with van der Waals surface area (Å²) < 4.78 is 0. The Morgan fingerprint density at radius 2 is 0.967 bits per heavy atom. The molecule has 0 N–H and O–H groups in total. The van der Waals surface area contributed by atoms with E-state index in [1.165, 1.54) is 51.9 Å². The van der Waals surface area contributed by atoms with E-state index in [0.29, 0.717) is 0 Å². The molecule has 3 aromatic carbocycles. The van der Waals surface area contributed by atoms with Crippen LogP contribution in [0.4, 0.5) is 0 Å². The van der Waals surface area contributed by atoms with E-state index in [9.17, 15) is 0 Å². The van der Waals surface area contributed by atoms with E-state index >= 15 is 0 Å². The van der Waals surface area contributed by atoms with Crippen LogP contribution in [0, 0.1) is 0 Å². The zero-order valence-corrected chi connectivity index (χ0v) is 19.2. The van der Waals surface area contributed by atoms with Crippen molar-refractivity contribution in [2.45, 2.75) is 20.8 Å². The van der Waals surface area contributed by atoms with Gasteiger partial charge < -0.3 is 0 Å². The van der Waals surface area contributed by atoms with E-state index < -0.39 is 6.89 Å². The van der Waals surface area contributed by atoms with Crippen molar-refractivity contribution in [3.63, 3.8) is 0 Å². The van der Waals surface area contributed by atoms with Crippen LogP contribution in [0.5, 0.6) is 0 Å². The van der Waals surface area contributed by atoms with Crippen molar-refractivity contribution in [3.8, 4) is 0 Å². The highest BCUT2D eigenvalue weighted by Crippen LogP contribution is 2.57. The molecule has 0 aromatic heterocycles. The second kappa shape index (κ2) is 9.07. The second-order valence-corrected chi connectivity index (χ2v) is 12.5. The molecule has 4 rings (SSSR count). The second-order valence-electron chi connectivity index (χ2n) is 7.89. The Bertz CT molecular complexity index is 1100. The third kappa shape index (κ3) is 3.66. The van der Waals surface area contributed by atoms with Crippen LogP contribution < -0.4 is 0 Å². The van der Waals surface area contributed by atoms with Gasteiger partial charge in [0.2, 0.25) is 0 Å². The molecule has 3 aromatic rings. The topological polar surface area (TPSA) is 0 Å². The SMILES string of the molecule is CCP(CC)(CC)=C1C(c2ccccc2)=CC(c2ccccc2)=C1c1ccccc1. The lowest BCUT2D eigenvalue weighted by Gasteiger charge is -2.29. The first-order valence-electron chi connectivity index (χ1n) is 11.1. The van der Waals surface area contributed by atoms with E-state index in [1.807, 2.05) is 0 Å². The smallest absolute Gasteiger partial charge is 0.00253 e. The summed E-state index contributed by atoms with van der Waals surface area (Å²) in [6, 6.07) is 33.0. The van der Waals surface area contributed by atoms with Crippen molar-refractivity contribution in [2.24, 2.45) is 0 Å². The maximum atomic E-state index is 2.47. The normalized spacial score (nSPS) is 14.2. The number of hydrogen-bond donors (Lipinski definition) is 0. The van der Waals surface area contributed by atoms with Gasteiger partial charge in [0.05, 0.1) is 0 Å². The fourth-order valence-corrected chi connectivity index (χ4v) is 8.48. The average Bonchev–Trinajstić information content (AvgIpc) is 3.24. The lowest BCUT2D eigenvalue weighted by atomic mass is 9.95. The molecule has 0 saturated carbocycles. The Labute approximate surface area is 182 Å². The van der Waals surface area contributed by atoms with Crippen LogP contribution in [0.15, 0.2) is 97.1 Å². The van der Waals surface area contributed by atoms with Crippen molar-refractivity contribution >= 4 is 28.9 Å². The predicted octanol–water partition coefficient (Wildman–Crippen LogP) is 7.94. The molecule has 1 heteroatoms. The quantitative estimate of drug-likeness (QED) is 0.362. The van der Waals surface area contributed by atoms with Gasteiger partial charge in [-0.1, -0.05) is 119 Å². The standard InChI is InChI=1S/C29H31P/c1-4-30(5-2,6-3)29-27(24-18-12-8-13-19-24)22-26(23-16-10-7-11-17-23)28(29)25-20-14-9-15-21-25/h7-22H,4-6H2,1-3H3. The summed E-state index contributed by atoms with van der Waals surface area (Å²) in [4.78, 5) is 0. The van der Waals surface area contributed by atoms with Crippen molar-refractivity contribution in [1.82, 2.24) is 0 Å². The molecule has 0 heterocycles. The van der Waals surface area contributed by atoms with Gasteiger partial charge in [0.15, 0.2) is 0 Å².